The van der Waals surface area contributed by atoms with Crippen molar-refractivity contribution in [1.29, 1.82) is 0 Å². The Labute approximate surface area is 167 Å². The molecule has 6 heteroatoms. The van der Waals surface area contributed by atoms with Gasteiger partial charge >= 0.3 is 6.03 Å². The number of nitrogens with zero attached hydrogens (tertiary/aromatic N) is 3. The van der Waals surface area contributed by atoms with Gasteiger partial charge in [0.1, 0.15) is 11.6 Å². The molecule has 2 amide bonds. The Bertz CT molecular complexity index is 794. The van der Waals surface area contributed by atoms with Crippen molar-refractivity contribution in [2.75, 3.05) is 37.8 Å². The van der Waals surface area contributed by atoms with E-state index >= 15 is 0 Å². The molecule has 1 aromatic heterocycles. The highest BCUT2D eigenvalue weighted by Crippen LogP contribution is 2.32. The standard InChI is InChI=1S/C22H30N4O2/c1-17-8-9-19(18(15-17)22(2,3)4)28-16-24-21(27)26-13-11-25(12-14-26)20-7-5-6-10-23-20/h5-10,15H,11-14,16H2,1-4H3,(H,24,27). The third-order valence-electron chi connectivity index (χ3n) is 4.93. The zero-order valence-corrected chi connectivity index (χ0v) is 17.2. The first kappa shape index (κ1) is 20.0. The average molecular weight is 383 g/mol. The topological polar surface area (TPSA) is 57.7 Å². The Hall–Kier alpha value is -2.76. The lowest BCUT2D eigenvalue weighted by Crippen LogP contribution is -2.52. The number of carbonyl (C=O) groups is 1. The highest BCUT2D eigenvalue weighted by molar-refractivity contribution is 5.74. The van der Waals surface area contributed by atoms with E-state index in [9.17, 15) is 4.79 Å². The van der Waals surface area contributed by atoms with E-state index < -0.39 is 0 Å². The first-order chi connectivity index (χ1) is 13.3. The van der Waals surface area contributed by atoms with E-state index in [1.807, 2.05) is 35.2 Å². The molecule has 2 heterocycles. The van der Waals surface area contributed by atoms with Crippen LogP contribution in [0.4, 0.5) is 10.6 Å². The number of benzene rings is 1. The second-order valence-electron chi connectivity index (χ2n) is 8.18. The smallest absolute Gasteiger partial charge is 0.320 e. The molecule has 0 bridgehead atoms. The highest BCUT2D eigenvalue weighted by Gasteiger charge is 2.22. The van der Waals surface area contributed by atoms with Crippen LogP contribution in [0, 0.1) is 6.92 Å². The van der Waals surface area contributed by atoms with Crippen LogP contribution in [0.5, 0.6) is 5.75 Å². The normalized spacial score (nSPS) is 14.7. The molecule has 1 aromatic carbocycles. The summed E-state index contributed by atoms with van der Waals surface area (Å²) in [6, 6.07) is 12.0. The van der Waals surface area contributed by atoms with E-state index in [1.54, 1.807) is 6.20 Å². The molecule has 1 aliphatic heterocycles. The maximum atomic E-state index is 12.5. The number of urea groups is 1. The number of rotatable bonds is 4. The zero-order chi connectivity index (χ0) is 20.1. The van der Waals surface area contributed by atoms with Gasteiger partial charge in [-0.05, 0) is 36.1 Å². The number of ether oxygens (including phenoxy) is 1. The molecule has 0 saturated carbocycles. The van der Waals surface area contributed by atoms with E-state index in [0.717, 1.165) is 30.2 Å². The second-order valence-corrected chi connectivity index (χ2v) is 8.18. The Balaban J connectivity index is 1.49. The number of nitrogens with one attached hydrogen (secondary N) is 1. The van der Waals surface area contributed by atoms with Gasteiger partial charge in [-0.25, -0.2) is 9.78 Å². The van der Waals surface area contributed by atoms with Crippen LogP contribution in [0.25, 0.3) is 0 Å². The van der Waals surface area contributed by atoms with Crippen LogP contribution in [-0.2, 0) is 5.41 Å². The molecule has 6 nitrogen and oxygen atoms in total. The molecule has 0 radical (unpaired) electrons. The summed E-state index contributed by atoms with van der Waals surface area (Å²) in [6.07, 6.45) is 1.79. The van der Waals surface area contributed by atoms with E-state index in [2.05, 4.69) is 49.0 Å². The minimum absolute atomic E-state index is 0.0207. The molecule has 2 aromatic rings. The number of amides is 2. The van der Waals surface area contributed by atoms with E-state index in [-0.39, 0.29) is 18.2 Å². The minimum Gasteiger partial charge on any atom is -0.473 e. The van der Waals surface area contributed by atoms with Crippen molar-refractivity contribution in [3.8, 4) is 5.75 Å². The maximum Gasteiger partial charge on any atom is 0.320 e. The quantitative estimate of drug-likeness (QED) is 0.822. The summed E-state index contributed by atoms with van der Waals surface area (Å²) in [5, 5.41) is 2.88. The van der Waals surface area contributed by atoms with Crippen LogP contribution in [0.2, 0.25) is 0 Å². The summed E-state index contributed by atoms with van der Waals surface area (Å²) in [5.41, 5.74) is 2.32. The van der Waals surface area contributed by atoms with Crippen LogP contribution >= 0.6 is 0 Å². The van der Waals surface area contributed by atoms with Crippen molar-refractivity contribution in [3.05, 3.63) is 53.7 Å². The van der Waals surface area contributed by atoms with Crippen molar-refractivity contribution in [1.82, 2.24) is 15.2 Å². The van der Waals surface area contributed by atoms with E-state index in [0.29, 0.717) is 13.1 Å². The van der Waals surface area contributed by atoms with Crippen molar-refractivity contribution >= 4 is 11.8 Å². The third kappa shape index (κ3) is 4.94. The Morgan fingerprint density at radius 1 is 1.14 bits per heavy atom. The lowest BCUT2D eigenvalue weighted by atomic mass is 9.85. The summed E-state index contributed by atoms with van der Waals surface area (Å²) in [6.45, 7) is 11.6. The highest BCUT2D eigenvalue weighted by atomic mass is 16.5. The van der Waals surface area contributed by atoms with E-state index in [4.69, 9.17) is 4.74 Å². The summed E-state index contributed by atoms with van der Waals surface area (Å²) >= 11 is 0. The molecule has 1 N–H and O–H groups in total. The van der Waals surface area contributed by atoms with Crippen molar-refractivity contribution in [3.63, 3.8) is 0 Å². The predicted octanol–water partition coefficient (Wildman–Crippen LogP) is 3.56. The molecule has 0 unspecified atom stereocenters. The number of hydrogen-bond donors (Lipinski definition) is 1. The maximum absolute atomic E-state index is 12.5. The van der Waals surface area contributed by atoms with Gasteiger partial charge in [-0.2, -0.15) is 0 Å². The van der Waals surface area contributed by atoms with Crippen molar-refractivity contribution in [2.45, 2.75) is 33.1 Å². The number of piperazine rings is 1. The number of carbonyl (C=O) groups excluding carboxylic acids is 1. The monoisotopic (exact) mass is 382 g/mol. The van der Waals surface area contributed by atoms with E-state index in [1.165, 1.54) is 5.56 Å². The first-order valence-electron chi connectivity index (χ1n) is 9.77. The van der Waals surface area contributed by atoms with Gasteiger partial charge in [0.2, 0.25) is 0 Å². The van der Waals surface area contributed by atoms with Gasteiger partial charge in [-0.1, -0.05) is 44.5 Å². The predicted molar refractivity (Wildman–Crippen MR) is 112 cm³/mol. The number of aryl methyl sites for hydroxylation is 1. The Kier molecular flexibility index (Phi) is 6.07. The minimum atomic E-state index is -0.0925. The number of aromatic nitrogens is 1. The zero-order valence-electron chi connectivity index (χ0n) is 17.2. The molecule has 1 aliphatic rings. The Morgan fingerprint density at radius 3 is 2.54 bits per heavy atom. The molecule has 1 fully saturated rings. The van der Waals surface area contributed by atoms with Crippen LogP contribution in [-0.4, -0.2) is 48.8 Å². The molecular weight excluding hydrogens is 352 g/mol. The lowest BCUT2D eigenvalue weighted by molar-refractivity contribution is 0.181. The van der Waals surface area contributed by atoms with Gasteiger partial charge in [-0.15, -0.1) is 0 Å². The summed E-state index contributed by atoms with van der Waals surface area (Å²) in [7, 11) is 0. The van der Waals surface area contributed by atoms with Gasteiger partial charge in [0.05, 0.1) is 0 Å². The molecule has 3 rings (SSSR count). The number of anilines is 1. The molecule has 1 saturated heterocycles. The fraction of sp³-hybridized carbons (Fsp3) is 0.455. The molecule has 0 atom stereocenters. The molecule has 150 valence electrons. The average Bonchev–Trinajstić information content (AvgIpc) is 2.69. The first-order valence-corrected chi connectivity index (χ1v) is 9.77. The van der Waals surface area contributed by atoms with Crippen LogP contribution < -0.4 is 15.0 Å². The van der Waals surface area contributed by atoms with Crippen LogP contribution in [0.1, 0.15) is 31.9 Å². The molecular formula is C22H30N4O2. The molecule has 28 heavy (non-hydrogen) atoms. The number of pyridine rings is 1. The summed E-state index contributed by atoms with van der Waals surface area (Å²) in [4.78, 5) is 20.9. The SMILES string of the molecule is Cc1ccc(OCNC(=O)N2CCN(c3ccccn3)CC2)c(C(C)(C)C)c1. The third-order valence-corrected chi connectivity index (χ3v) is 4.93. The summed E-state index contributed by atoms with van der Waals surface area (Å²) in [5.74, 6) is 1.78. The fourth-order valence-corrected chi connectivity index (χ4v) is 3.32. The van der Waals surface area contributed by atoms with Crippen LogP contribution in [0.15, 0.2) is 42.6 Å². The number of hydrogen-bond acceptors (Lipinski definition) is 4. The van der Waals surface area contributed by atoms with Crippen molar-refractivity contribution < 1.29 is 9.53 Å². The van der Waals surface area contributed by atoms with Crippen molar-refractivity contribution in [2.24, 2.45) is 0 Å². The van der Waals surface area contributed by atoms with Gasteiger partial charge < -0.3 is 19.9 Å². The van der Waals surface area contributed by atoms with Gasteiger partial charge in [0.15, 0.2) is 6.73 Å². The lowest BCUT2D eigenvalue weighted by Gasteiger charge is -2.35. The summed E-state index contributed by atoms with van der Waals surface area (Å²) < 4.78 is 5.89. The molecule has 0 spiro atoms. The largest absolute Gasteiger partial charge is 0.473 e. The van der Waals surface area contributed by atoms with Gasteiger partial charge in [0.25, 0.3) is 0 Å². The Morgan fingerprint density at radius 2 is 1.89 bits per heavy atom. The van der Waals surface area contributed by atoms with Crippen LogP contribution in [0.3, 0.4) is 0 Å². The van der Waals surface area contributed by atoms with Gasteiger partial charge in [-0.3, -0.25) is 0 Å². The van der Waals surface area contributed by atoms with Gasteiger partial charge in [0, 0.05) is 32.4 Å². The fourth-order valence-electron chi connectivity index (χ4n) is 3.32. The molecule has 0 aliphatic carbocycles. The second kappa shape index (κ2) is 8.50.